The van der Waals surface area contributed by atoms with Crippen LogP contribution in [-0.2, 0) is 19.1 Å². The molecular formula is C26H41N3O5. The van der Waals surface area contributed by atoms with Crippen LogP contribution >= 0.6 is 0 Å². The summed E-state index contributed by atoms with van der Waals surface area (Å²) >= 11 is 0. The van der Waals surface area contributed by atoms with Crippen LogP contribution in [-0.4, -0.2) is 93.6 Å². The number of carbonyl (C=O) groups is 3. The molecule has 3 aliphatic rings. The molecule has 0 aromatic heterocycles. The molecule has 2 unspecified atom stereocenters. The van der Waals surface area contributed by atoms with Gasteiger partial charge in [-0.1, -0.05) is 26.0 Å². The molecule has 3 amide bonds. The Morgan fingerprint density at radius 1 is 1.18 bits per heavy atom. The molecule has 3 heterocycles. The number of ether oxygens (including phenoxy) is 1. The van der Waals surface area contributed by atoms with E-state index in [2.05, 4.69) is 13.2 Å². The molecule has 1 spiro atoms. The number of amides is 3. The van der Waals surface area contributed by atoms with Gasteiger partial charge in [-0.05, 0) is 39.5 Å². The zero-order chi connectivity index (χ0) is 25.6. The molecule has 3 fully saturated rings. The van der Waals surface area contributed by atoms with Gasteiger partial charge < -0.3 is 24.5 Å². The Morgan fingerprint density at radius 2 is 1.79 bits per heavy atom. The fraction of sp³-hybridized carbons (Fsp3) is 0.731. The van der Waals surface area contributed by atoms with Gasteiger partial charge in [0.2, 0.25) is 17.7 Å². The molecule has 34 heavy (non-hydrogen) atoms. The molecule has 3 saturated heterocycles. The lowest BCUT2D eigenvalue weighted by Crippen LogP contribution is -2.60. The van der Waals surface area contributed by atoms with Crippen LogP contribution in [0.5, 0.6) is 0 Å². The number of aliphatic hydroxyl groups is 1. The van der Waals surface area contributed by atoms with Gasteiger partial charge in [0, 0.05) is 26.2 Å². The number of carbonyl (C=O) groups excluding carboxylic acids is 3. The van der Waals surface area contributed by atoms with Crippen molar-refractivity contribution in [3.8, 4) is 0 Å². The Bertz CT molecular complexity index is 857. The van der Waals surface area contributed by atoms with Crippen molar-refractivity contribution in [1.82, 2.24) is 14.7 Å². The van der Waals surface area contributed by atoms with Gasteiger partial charge in [0.25, 0.3) is 0 Å². The molecule has 3 rings (SSSR count). The fourth-order valence-electron chi connectivity index (χ4n) is 6.37. The highest BCUT2D eigenvalue weighted by atomic mass is 16.5. The summed E-state index contributed by atoms with van der Waals surface area (Å²) in [6.07, 6.45) is 4.42. The molecule has 190 valence electrons. The number of likely N-dealkylation sites (N-methyl/N-ethyl adjacent to an activating group) is 1. The van der Waals surface area contributed by atoms with Crippen molar-refractivity contribution in [2.45, 2.75) is 76.8 Å². The largest absolute Gasteiger partial charge is 0.394 e. The molecule has 8 heteroatoms. The summed E-state index contributed by atoms with van der Waals surface area (Å²) in [6, 6.07) is -1.58. The van der Waals surface area contributed by atoms with Crippen LogP contribution in [0.15, 0.2) is 25.3 Å². The van der Waals surface area contributed by atoms with Gasteiger partial charge in [0.15, 0.2) is 0 Å². The smallest absolute Gasteiger partial charge is 0.248 e. The number of rotatable bonds is 10. The SMILES string of the molecule is C=CCN(C)C(=O)[C@@H]1[C@H]2C(=O)N([C@@H](CO)C(C)C)C(C(=O)N(CC=C)C(C)C)C23CC[C@@]1(C)O3. The third-order valence-corrected chi connectivity index (χ3v) is 8.04. The highest BCUT2D eigenvalue weighted by Crippen LogP contribution is 2.64. The summed E-state index contributed by atoms with van der Waals surface area (Å²) in [7, 11) is 1.70. The first-order valence-electron chi connectivity index (χ1n) is 12.3. The summed E-state index contributed by atoms with van der Waals surface area (Å²) in [5.74, 6) is -2.23. The summed E-state index contributed by atoms with van der Waals surface area (Å²) < 4.78 is 6.66. The summed E-state index contributed by atoms with van der Waals surface area (Å²) in [5.41, 5.74) is -1.93. The predicted octanol–water partition coefficient (Wildman–Crippen LogP) is 1.84. The van der Waals surface area contributed by atoms with Gasteiger partial charge in [-0.2, -0.15) is 0 Å². The minimum Gasteiger partial charge on any atom is -0.394 e. The quantitative estimate of drug-likeness (QED) is 0.487. The number of hydrogen-bond donors (Lipinski definition) is 1. The first kappa shape index (κ1) is 26.4. The highest BCUT2D eigenvalue weighted by Gasteiger charge is 2.78. The first-order valence-corrected chi connectivity index (χ1v) is 12.3. The van der Waals surface area contributed by atoms with E-state index in [0.29, 0.717) is 25.9 Å². The van der Waals surface area contributed by atoms with Gasteiger partial charge >= 0.3 is 0 Å². The lowest BCUT2D eigenvalue weighted by molar-refractivity contribution is -0.158. The van der Waals surface area contributed by atoms with Crippen LogP contribution in [0.1, 0.15) is 47.5 Å². The van der Waals surface area contributed by atoms with Crippen LogP contribution in [0.4, 0.5) is 0 Å². The minimum atomic E-state index is -1.10. The second kappa shape index (κ2) is 9.46. The summed E-state index contributed by atoms with van der Waals surface area (Å²) in [6.45, 7) is 17.5. The van der Waals surface area contributed by atoms with Gasteiger partial charge in [-0.25, -0.2) is 0 Å². The molecule has 0 aliphatic carbocycles. The van der Waals surface area contributed by atoms with Crippen molar-refractivity contribution >= 4 is 17.7 Å². The van der Waals surface area contributed by atoms with Crippen LogP contribution < -0.4 is 0 Å². The third kappa shape index (κ3) is 3.79. The van der Waals surface area contributed by atoms with Gasteiger partial charge in [-0.15, -0.1) is 13.2 Å². The van der Waals surface area contributed by atoms with E-state index < -0.39 is 35.1 Å². The average Bonchev–Trinajstić information content (AvgIpc) is 3.32. The molecule has 1 N–H and O–H groups in total. The second-order valence-electron chi connectivity index (χ2n) is 10.8. The van der Waals surface area contributed by atoms with E-state index in [1.807, 2.05) is 34.6 Å². The van der Waals surface area contributed by atoms with Crippen molar-refractivity contribution < 1.29 is 24.2 Å². The van der Waals surface area contributed by atoms with Crippen molar-refractivity contribution in [3.63, 3.8) is 0 Å². The number of nitrogens with zero attached hydrogens (tertiary/aromatic N) is 3. The van der Waals surface area contributed by atoms with Crippen LogP contribution in [0, 0.1) is 17.8 Å². The van der Waals surface area contributed by atoms with Crippen molar-refractivity contribution in [3.05, 3.63) is 25.3 Å². The molecule has 0 radical (unpaired) electrons. The maximum absolute atomic E-state index is 14.1. The van der Waals surface area contributed by atoms with Gasteiger partial charge in [0.1, 0.15) is 11.6 Å². The Hall–Kier alpha value is -2.19. The number of hydrogen-bond acceptors (Lipinski definition) is 5. The van der Waals surface area contributed by atoms with E-state index in [-0.39, 0.29) is 36.3 Å². The average molecular weight is 476 g/mol. The second-order valence-corrected chi connectivity index (χ2v) is 10.8. The summed E-state index contributed by atoms with van der Waals surface area (Å²) in [5, 5.41) is 10.3. The van der Waals surface area contributed by atoms with Crippen molar-refractivity contribution in [2.24, 2.45) is 17.8 Å². The van der Waals surface area contributed by atoms with E-state index in [9.17, 15) is 19.5 Å². The molecule has 6 atom stereocenters. The monoisotopic (exact) mass is 475 g/mol. The lowest BCUT2D eigenvalue weighted by Gasteiger charge is -2.41. The Labute approximate surface area is 203 Å². The topological polar surface area (TPSA) is 90.4 Å². The lowest BCUT2D eigenvalue weighted by atomic mass is 9.66. The van der Waals surface area contributed by atoms with Gasteiger partial charge in [0.05, 0.1) is 30.1 Å². The number of fused-ring (bicyclic) bond motifs is 1. The normalized spacial score (nSPS) is 32.8. The van der Waals surface area contributed by atoms with E-state index in [1.54, 1.807) is 33.9 Å². The number of likely N-dealkylation sites (tertiary alicyclic amines) is 1. The molecule has 0 saturated carbocycles. The highest BCUT2D eigenvalue weighted by molar-refractivity contribution is 5.99. The zero-order valence-electron chi connectivity index (χ0n) is 21.5. The molecule has 2 bridgehead atoms. The molecule has 0 aromatic rings. The molecular weight excluding hydrogens is 434 g/mol. The first-order chi connectivity index (χ1) is 15.9. The Kier molecular flexibility index (Phi) is 7.35. The maximum atomic E-state index is 14.1. The van der Waals surface area contributed by atoms with E-state index in [4.69, 9.17) is 4.74 Å². The van der Waals surface area contributed by atoms with E-state index >= 15 is 0 Å². The van der Waals surface area contributed by atoms with Crippen LogP contribution in [0.25, 0.3) is 0 Å². The molecule has 0 aromatic carbocycles. The van der Waals surface area contributed by atoms with E-state index in [1.165, 1.54) is 0 Å². The zero-order valence-corrected chi connectivity index (χ0v) is 21.5. The number of aliphatic hydroxyl groups excluding tert-OH is 1. The van der Waals surface area contributed by atoms with Crippen LogP contribution in [0.2, 0.25) is 0 Å². The van der Waals surface area contributed by atoms with Crippen LogP contribution in [0.3, 0.4) is 0 Å². The van der Waals surface area contributed by atoms with Gasteiger partial charge in [-0.3, -0.25) is 14.4 Å². The summed E-state index contributed by atoms with van der Waals surface area (Å²) in [4.78, 5) is 46.7. The van der Waals surface area contributed by atoms with E-state index in [0.717, 1.165) is 0 Å². The molecule has 8 nitrogen and oxygen atoms in total. The fourth-order valence-corrected chi connectivity index (χ4v) is 6.37. The van der Waals surface area contributed by atoms with Crippen molar-refractivity contribution in [2.75, 3.05) is 26.7 Å². The third-order valence-electron chi connectivity index (χ3n) is 8.04. The van der Waals surface area contributed by atoms with Crippen molar-refractivity contribution in [1.29, 1.82) is 0 Å². The Morgan fingerprint density at radius 3 is 2.29 bits per heavy atom. The maximum Gasteiger partial charge on any atom is 0.248 e. The predicted molar refractivity (Wildman–Crippen MR) is 130 cm³/mol. The minimum absolute atomic E-state index is 0.0863. The Balaban J connectivity index is 2.17. The standard InChI is InChI=1S/C26H41N3O5/c1-9-13-27(8)22(31)19-20-23(32)29(18(15-30)16(3)4)21(24(33)28(14-10-2)17(5)6)26(20)12-11-25(19,7)34-26/h9-10,16-21,30H,1-2,11-15H2,3-8H3/t18-,19-,20-,21?,25+,26?/m0/s1. The molecule has 3 aliphatic heterocycles.